The van der Waals surface area contributed by atoms with Gasteiger partial charge in [0.25, 0.3) is 5.69 Å². The monoisotopic (exact) mass is 313 g/mol. The topological polar surface area (TPSA) is 101 Å². The SMILES string of the molecule is Cc1cc(S(=O)(=O)NC2CCNCC2C)ccc1[N+](=O)[O-]. The van der Waals surface area contributed by atoms with Gasteiger partial charge >= 0.3 is 0 Å². The lowest BCUT2D eigenvalue weighted by atomic mass is 9.97. The van der Waals surface area contributed by atoms with Crippen LogP contribution in [0.4, 0.5) is 5.69 Å². The van der Waals surface area contributed by atoms with Crippen molar-refractivity contribution in [1.29, 1.82) is 0 Å². The Labute approximate surface area is 123 Å². The summed E-state index contributed by atoms with van der Waals surface area (Å²) in [6, 6.07) is 3.73. The molecule has 0 spiro atoms. The molecule has 1 saturated heterocycles. The Morgan fingerprint density at radius 3 is 2.71 bits per heavy atom. The second-order valence-corrected chi connectivity index (χ2v) is 7.12. The Bertz CT molecular complexity index is 645. The third-order valence-electron chi connectivity index (χ3n) is 3.77. The van der Waals surface area contributed by atoms with Gasteiger partial charge in [-0.25, -0.2) is 13.1 Å². The van der Waals surface area contributed by atoms with Crippen LogP contribution >= 0.6 is 0 Å². The molecule has 1 aliphatic rings. The molecular weight excluding hydrogens is 294 g/mol. The molecule has 1 fully saturated rings. The Morgan fingerprint density at radius 2 is 2.14 bits per heavy atom. The van der Waals surface area contributed by atoms with E-state index in [-0.39, 0.29) is 22.5 Å². The van der Waals surface area contributed by atoms with E-state index < -0.39 is 14.9 Å². The number of hydrogen-bond acceptors (Lipinski definition) is 5. The lowest BCUT2D eigenvalue weighted by Gasteiger charge is -2.29. The molecule has 8 heteroatoms. The van der Waals surface area contributed by atoms with E-state index in [0.29, 0.717) is 5.56 Å². The maximum atomic E-state index is 12.4. The standard InChI is InChI=1S/C13H19N3O4S/c1-9-7-11(3-4-13(9)16(17)18)21(19,20)15-12-5-6-14-8-10(12)2/h3-4,7,10,12,14-15H,5-6,8H2,1-2H3. The smallest absolute Gasteiger partial charge is 0.272 e. The maximum absolute atomic E-state index is 12.4. The van der Waals surface area contributed by atoms with Crippen LogP contribution in [0.15, 0.2) is 23.1 Å². The molecule has 2 N–H and O–H groups in total. The van der Waals surface area contributed by atoms with E-state index in [1.165, 1.54) is 25.1 Å². The summed E-state index contributed by atoms with van der Waals surface area (Å²) in [5.41, 5.74) is 0.255. The van der Waals surface area contributed by atoms with Gasteiger partial charge in [0.2, 0.25) is 10.0 Å². The first-order chi connectivity index (χ1) is 9.81. The van der Waals surface area contributed by atoms with Crippen molar-refractivity contribution in [2.24, 2.45) is 5.92 Å². The molecule has 0 aliphatic carbocycles. The molecule has 1 aromatic carbocycles. The van der Waals surface area contributed by atoms with E-state index in [1.807, 2.05) is 6.92 Å². The highest BCUT2D eigenvalue weighted by Crippen LogP contribution is 2.22. The fraction of sp³-hybridized carbons (Fsp3) is 0.538. The molecule has 7 nitrogen and oxygen atoms in total. The highest BCUT2D eigenvalue weighted by Gasteiger charge is 2.27. The maximum Gasteiger partial charge on any atom is 0.272 e. The van der Waals surface area contributed by atoms with Crippen LogP contribution in [0.5, 0.6) is 0 Å². The van der Waals surface area contributed by atoms with Crippen molar-refractivity contribution in [2.45, 2.75) is 31.2 Å². The lowest BCUT2D eigenvalue weighted by molar-refractivity contribution is -0.385. The van der Waals surface area contributed by atoms with Crippen molar-refractivity contribution in [3.63, 3.8) is 0 Å². The van der Waals surface area contributed by atoms with E-state index >= 15 is 0 Å². The summed E-state index contributed by atoms with van der Waals surface area (Å²) in [5.74, 6) is 0.202. The summed E-state index contributed by atoms with van der Waals surface area (Å²) in [5, 5.41) is 14.0. The molecule has 0 radical (unpaired) electrons. The van der Waals surface area contributed by atoms with Crippen LogP contribution in [0.2, 0.25) is 0 Å². The van der Waals surface area contributed by atoms with Crippen LogP contribution in [0.1, 0.15) is 18.9 Å². The van der Waals surface area contributed by atoms with Gasteiger partial charge in [-0.2, -0.15) is 0 Å². The molecule has 116 valence electrons. The van der Waals surface area contributed by atoms with Crippen LogP contribution in [-0.2, 0) is 10.0 Å². The number of hydrogen-bond donors (Lipinski definition) is 2. The quantitative estimate of drug-likeness (QED) is 0.642. The van der Waals surface area contributed by atoms with Gasteiger partial charge in [0.1, 0.15) is 0 Å². The van der Waals surface area contributed by atoms with Crippen molar-refractivity contribution in [3.05, 3.63) is 33.9 Å². The molecule has 2 rings (SSSR count). The minimum absolute atomic E-state index is 0.0660. The summed E-state index contributed by atoms with van der Waals surface area (Å²) in [6.07, 6.45) is 0.729. The van der Waals surface area contributed by atoms with Gasteiger partial charge in [-0.3, -0.25) is 10.1 Å². The molecule has 0 amide bonds. The van der Waals surface area contributed by atoms with Gasteiger partial charge < -0.3 is 5.32 Å². The number of nitrogens with one attached hydrogen (secondary N) is 2. The zero-order valence-electron chi connectivity index (χ0n) is 12.0. The Morgan fingerprint density at radius 1 is 1.43 bits per heavy atom. The molecule has 2 atom stereocenters. The first-order valence-electron chi connectivity index (χ1n) is 6.79. The zero-order chi connectivity index (χ0) is 15.6. The van der Waals surface area contributed by atoms with Crippen molar-refractivity contribution in [1.82, 2.24) is 10.0 Å². The van der Waals surface area contributed by atoms with E-state index in [4.69, 9.17) is 0 Å². The number of nitro benzene ring substituents is 1. The number of rotatable bonds is 4. The number of sulfonamides is 1. The van der Waals surface area contributed by atoms with Crippen LogP contribution in [-0.4, -0.2) is 32.5 Å². The van der Waals surface area contributed by atoms with Gasteiger partial charge in [-0.15, -0.1) is 0 Å². The third-order valence-corrected chi connectivity index (χ3v) is 5.25. The van der Waals surface area contributed by atoms with Gasteiger partial charge in [0, 0.05) is 17.7 Å². The van der Waals surface area contributed by atoms with Crippen LogP contribution in [0, 0.1) is 23.0 Å². The predicted octanol–water partition coefficient (Wildman–Crippen LogP) is 1.18. The fourth-order valence-corrected chi connectivity index (χ4v) is 3.92. The largest absolute Gasteiger partial charge is 0.316 e. The molecule has 0 saturated carbocycles. The van der Waals surface area contributed by atoms with E-state index in [9.17, 15) is 18.5 Å². The number of aryl methyl sites for hydroxylation is 1. The van der Waals surface area contributed by atoms with Gasteiger partial charge in [0.15, 0.2) is 0 Å². The predicted molar refractivity (Wildman–Crippen MR) is 78.6 cm³/mol. The second-order valence-electron chi connectivity index (χ2n) is 5.40. The third kappa shape index (κ3) is 3.58. The van der Waals surface area contributed by atoms with Crippen molar-refractivity contribution >= 4 is 15.7 Å². The highest BCUT2D eigenvalue weighted by molar-refractivity contribution is 7.89. The first kappa shape index (κ1) is 15.9. The number of piperidine rings is 1. The highest BCUT2D eigenvalue weighted by atomic mass is 32.2. The normalized spacial score (nSPS) is 23.0. The molecule has 1 aromatic rings. The summed E-state index contributed by atoms with van der Waals surface area (Å²) in [4.78, 5) is 10.3. The lowest BCUT2D eigenvalue weighted by Crippen LogP contribution is -2.48. The van der Waals surface area contributed by atoms with Crippen molar-refractivity contribution in [3.8, 4) is 0 Å². The minimum Gasteiger partial charge on any atom is -0.316 e. The first-order valence-corrected chi connectivity index (χ1v) is 8.27. The minimum atomic E-state index is -3.66. The molecule has 0 bridgehead atoms. The number of nitro groups is 1. The zero-order valence-corrected chi connectivity index (χ0v) is 12.8. The number of benzene rings is 1. The average molecular weight is 313 g/mol. The molecular formula is C13H19N3O4S. The van der Waals surface area contributed by atoms with Crippen molar-refractivity contribution < 1.29 is 13.3 Å². The summed E-state index contributed by atoms with van der Waals surface area (Å²) >= 11 is 0. The van der Waals surface area contributed by atoms with Crippen molar-refractivity contribution in [2.75, 3.05) is 13.1 Å². The second kappa shape index (κ2) is 6.08. The van der Waals surface area contributed by atoms with Crippen LogP contribution in [0.25, 0.3) is 0 Å². The Balaban J connectivity index is 2.23. The molecule has 2 unspecified atom stereocenters. The van der Waals surface area contributed by atoms with Gasteiger partial charge in [0.05, 0.1) is 9.82 Å². The molecule has 0 aromatic heterocycles. The van der Waals surface area contributed by atoms with Crippen LogP contribution < -0.4 is 10.0 Å². The summed E-state index contributed by atoms with van der Waals surface area (Å²) in [7, 11) is -3.66. The summed E-state index contributed by atoms with van der Waals surface area (Å²) in [6.45, 7) is 5.06. The molecule has 1 aliphatic heterocycles. The average Bonchev–Trinajstić information content (AvgIpc) is 2.40. The number of nitrogens with zero attached hydrogens (tertiary/aromatic N) is 1. The van der Waals surface area contributed by atoms with E-state index in [1.54, 1.807) is 0 Å². The Kier molecular flexibility index (Phi) is 4.60. The van der Waals surface area contributed by atoms with E-state index in [2.05, 4.69) is 10.0 Å². The van der Waals surface area contributed by atoms with Gasteiger partial charge in [-0.05, 0) is 44.5 Å². The summed E-state index contributed by atoms with van der Waals surface area (Å²) < 4.78 is 27.5. The fourth-order valence-electron chi connectivity index (χ4n) is 2.46. The molecule has 1 heterocycles. The Hall–Kier alpha value is -1.51. The van der Waals surface area contributed by atoms with E-state index in [0.717, 1.165) is 19.5 Å². The van der Waals surface area contributed by atoms with Gasteiger partial charge in [-0.1, -0.05) is 6.92 Å². The van der Waals surface area contributed by atoms with Crippen LogP contribution in [0.3, 0.4) is 0 Å². The molecule has 21 heavy (non-hydrogen) atoms.